The Balaban J connectivity index is 1.86. The minimum atomic E-state index is -1.09. The number of aromatic nitrogens is 1. The van der Waals surface area contributed by atoms with Gasteiger partial charge in [0.05, 0.1) is 18.1 Å². The molecule has 3 rings (SSSR count). The molecule has 2 aliphatic heterocycles. The Morgan fingerprint density at radius 1 is 1.52 bits per heavy atom. The third-order valence-electron chi connectivity index (χ3n) is 4.43. The number of carbonyl (C=O) groups excluding carboxylic acids is 1. The third kappa shape index (κ3) is 2.53. The Labute approximate surface area is 138 Å². The molecule has 3 heterocycles. The van der Waals surface area contributed by atoms with Gasteiger partial charge in [-0.1, -0.05) is 13.0 Å². The van der Waals surface area contributed by atoms with Crippen molar-refractivity contribution in [2.45, 2.75) is 31.7 Å². The number of rotatable bonds is 5. The SMILES string of the molecule is C[C@H]1C(SCc2cccnc2)=C(C(=O)O)N2C(=O)[C@H]([C@@H](C)O)C12. The van der Waals surface area contributed by atoms with Crippen LogP contribution in [-0.4, -0.2) is 44.1 Å². The zero-order valence-corrected chi connectivity index (χ0v) is 13.7. The molecule has 7 heteroatoms. The molecule has 1 fully saturated rings. The Hall–Kier alpha value is -1.86. The van der Waals surface area contributed by atoms with Crippen LogP contribution in [0.1, 0.15) is 19.4 Å². The number of hydrogen-bond acceptors (Lipinski definition) is 5. The number of fused-ring (bicyclic) bond motifs is 1. The van der Waals surface area contributed by atoms with Crippen molar-refractivity contribution in [3.63, 3.8) is 0 Å². The maximum Gasteiger partial charge on any atom is 0.353 e. The molecule has 1 unspecified atom stereocenters. The Bertz CT molecular complexity index is 674. The van der Waals surface area contributed by atoms with Gasteiger partial charge in [-0.05, 0) is 18.6 Å². The van der Waals surface area contributed by atoms with Crippen LogP contribution in [0.15, 0.2) is 35.1 Å². The van der Waals surface area contributed by atoms with E-state index in [1.54, 1.807) is 19.3 Å². The van der Waals surface area contributed by atoms with E-state index < -0.39 is 18.0 Å². The van der Waals surface area contributed by atoms with Crippen molar-refractivity contribution in [1.82, 2.24) is 9.88 Å². The highest BCUT2D eigenvalue weighted by atomic mass is 32.2. The van der Waals surface area contributed by atoms with Gasteiger partial charge in [0.25, 0.3) is 0 Å². The van der Waals surface area contributed by atoms with Crippen molar-refractivity contribution in [3.8, 4) is 0 Å². The van der Waals surface area contributed by atoms with Crippen molar-refractivity contribution < 1.29 is 19.8 Å². The lowest BCUT2D eigenvalue weighted by Crippen LogP contribution is -2.63. The molecule has 2 N–H and O–H groups in total. The first-order valence-corrected chi connectivity index (χ1v) is 8.42. The monoisotopic (exact) mass is 334 g/mol. The first kappa shape index (κ1) is 16.0. The van der Waals surface area contributed by atoms with Crippen LogP contribution < -0.4 is 0 Å². The first-order valence-electron chi connectivity index (χ1n) is 7.43. The standard InChI is InChI=1S/C16H18N2O4S/c1-8-12-11(9(2)19)15(20)18(12)13(16(21)22)14(8)23-7-10-4-3-5-17-6-10/h3-6,8-9,11-12,19H,7H2,1-2H3,(H,21,22)/t8-,9-,11-,12?/m1/s1. The Morgan fingerprint density at radius 2 is 2.26 bits per heavy atom. The lowest BCUT2D eigenvalue weighted by atomic mass is 9.79. The van der Waals surface area contributed by atoms with Crippen LogP contribution in [0.2, 0.25) is 0 Å². The minimum Gasteiger partial charge on any atom is -0.477 e. The second kappa shape index (κ2) is 5.98. The predicted molar refractivity (Wildman–Crippen MR) is 85.2 cm³/mol. The van der Waals surface area contributed by atoms with Crippen molar-refractivity contribution in [2.75, 3.05) is 0 Å². The summed E-state index contributed by atoms with van der Waals surface area (Å²) in [5.74, 6) is -1.41. The van der Waals surface area contributed by atoms with Gasteiger partial charge in [-0.25, -0.2) is 4.79 Å². The number of carbonyl (C=O) groups is 2. The number of amides is 1. The molecule has 1 aromatic rings. The van der Waals surface area contributed by atoms with Crippen LogP contribution in [0.25, 0.3) is 0 Å². The van der Waals surface area contributed by atoms with E-state index in [1.165, 1.54) is 16.7 Å². The van der Waals surface area contributed by atoms with Gasteiger partial charge < -0.3 is 15.1 Å². The van der Waals surface area contributed by atoms with E-state index in [0.717, 1.165) is 5.56 Å². The molecule has 6 nitrogen and oxygen atoms in total. The average Bonchev–Trinajstić information content (AvgIpc) is 2.75. The molecule has 0 radical (unpaired) electrons. The highest BCUT2D eigenvalue weighted by Crippen LogP contribution is 2.50. The number of aliphatic hydroxyl groups excluding tert-OH is 1. The van der Waals surface area contributed by atoms with E-state index >= 15 is 0 Å². The second-order valence-electron chi connectivity index (χ2n) is 5.92. The molecule has 0 aliphatic carbocycles. The highest BCUT2D eigenvalue weighted by Gasteiger charge is 2.59. The summed E-state index contributed by atoms with van der Waals surface area (Å²) in [6, 6.07) is 3.50. The highest BCUT2D eigenvalue weighted by molar-refractivity contribution is 8.02. The fourth-order valence-electron chi connectivity index (χ4n) is 3.36. The molecule has 1 saturated heterocycles. The average molecular weight is 334 g/mol. The number of hydrogen-bond donors (Lipinski definition) is 2. The van der Waals surface area contributed by atoms with Crippen LogP contribution in [0.3, 0.4) is 0 Å². The summed E-state index contributed by atoms with van der Waals surface area (Å²) in [5.41, 5.74) is 1.06. The van der Waals surface area contributed by atoms with Crippen LogP contribution in [-0.2, 0) is 15.3 Å². The second-order valence-corrected chi connectivity index (χ2v) is 6.94. The number of aliphatic carboxylic acids is 1. The number of pyridine rings is 1. The van der Waals surface area contributed by atoms with E-state index in [9.17, 15) is 19.8 Å². The molecular formula is C16H18N2O4S. The molecule has 1 aromatic heterocycles. The van der Waals surface area contributed by atoms with Gasteiger partial charge in [-0.2, -0.15) is 0 Å². The van der Waals surface area contributed by atoms with Gasteiger partial charge in [0.15, 0.2) is 0 Å². The molecular weight excluding hydrogens is 316 g/mol. The van der Waals surface area contributed by atoms with Crippen LogP contribution in [0.4, 0.5) is 0 Å². The Morgan fingerprint density at radius 3 is 2.83 bits per heavy atom. The predicted octanol–water partition coefficient (Wildman–Crippen LogP) is 1.47. The topological polar surface area (TPSA) is 90.7 Å². The molecule has 0 saturated carbocycles. The van der Waals surface area contributed by atoms with Crippen molar-refractivity contribution in [1.29, 1.82) is 0 Å². The van der Waals surface area contributed by atoms with Crippen molar-refractivity contribution in [3.05, 3.63) is 40.7 Å². The number of aliphatic hydroxyl groups is 1. The number of carboxylic acid groups (broad SMARTS) is 1. The molecule has 23 heavy (non-hydrogen) atoms. The van der Waals surface area contributed by atoms with Gasteiger partial charge >= 0.3 is 5.97 Å². The van der Waals surface area contributed by atoms with Crippen molar-refractivity contribution >= 4 is 23.6 Å². The van der Waals surface area contributed by atoms with Gasteiger partial charge in [0.2, 0.25) is 5.91 Å². The van der Waals surface area contributed by atoms with Gasteiger partial charge in [-0.15, -0.1) is 11.8 Å². The minimum absolute atomic E-state index is 0.0679. The molecule has 2 aliphatic rings. The van der Waals surface area contributed by atoms with Gasteiger partial charge in [0, 0.05) is 29.0 Å². The Kier molecular flexibility index (Phi) is 4.16. The summed E-state index contributed by atoms with van der Waals surface area (Å²) in [6.45, 7) is 3.49. The zero-order valence-electron chi connectivity index (χ0n) is 12.8. The number of nitrogens with zero attached hydrogens (tertiary/aromatic N) is 2. The summed E-state index contributed by atoms with van der Waals surface area (Å²) < 4.78 is 0. The fourth-order valence-corrected chi connectivity index (χ4v) is 4.58. The third-order valence-corrected chi connectivity index (χ3v) is 5.78. The van der Waals surface area contributed by atoms with E-state index in [1.807, 2.05) is 19.1 Å². The quantitative estimate of drug-likeness (QED) is 0.793. The molecule has 122 valence electrons. The number of carboxylic acids is 1. The van der Waals surface area contributed by atoms with Crippen molar-refractivity contribution in [2.24, 2.45) is 11.8 Å². The van der Waals surface area contributed by atoms with E-state index in [2.05, 4.69) is 4.98 Å². The smallest absolute Gasteiger partial charge is 0.353 e. The maximum absolute atomic E-state index is 12.2. The molecule has 0 bridgehead atoms. The molecule has 4 atom stereocenters. The largest absolute Gasteiger partial charge is 0.477 e. The fraction of sp³-hybridized carbons (Fsp3) is 0.438. The number of thioether (sulfide) groups is 1. The van der Waals surface area contributed by atoms with E-state index in [4.69, 9.17) is 0 Å². The summed E-state index contributed by atoms with van der Waals surface area (Å²) in [7, 11) is 0. The normalized spacial score (nSPS) is 27.7. The lowest BCUT2D eigenvalue weighted by molar-refractivity contribution is -0.163. The molecule has 1 amide bonds. The molecule has 0 spiro atoms. The van der Waals surface area contributed by atoms with Crippen LogP contribution in [0, 0.1) is 11.8 Å². The summed E-state index contributed by atoms with van der Waals surface area (Å²) >= 11 is 1.43. The summed E-state index contributed by atoms with van der Waals surface area (Å²) in [4.78, 5) is 29.9. The summed E-state index contributed by atoms with van der Waals surface area (Å²) in [5, 5.41) is 19.3. The first-order chi connectivity index (χ1) is 10.9. The maximum atomic E-state index is 12.2. The number of β-lactam (4-membered cyclic amide) rings is 1. The lowest BCUT2D eigenvalue weighted by Gasteiger charge is -2.46. The van der Waals surface area contributed by atoms with Gasteiger partial charge in [-0.3, -0.25) is 9.78 Å². The summed E-state index contributed by atoms with van der Waals surface area (Å²) in [6.07, 6.45) is 2.65. The zero-order chi connectivity index (χ0) is 16.7. The van der Waals surface area contributed by atoms with Crippen LogP contribution >= 0.6 is 11.8 Å². The van der Waals surface area contributed by atoms with Gasteiger partial charge in [0.1, 0.15) is 5.70 Å². The van der Waals surface area contributed by atoms with E-state index in [0.29, 0.717) is 10.7 Å². The molecule has 0 aromatic carbocycles. The van der Waals surface area contributed by atoms with Crippen LogP contribution in [0.5, 0.6) is 0 Å². The van der Waals surface area contributed by atoms with E-state index in [-0.39, 0.29) is 23.6 Å².